The largest absolute Gasteiger partial charge is 0.292 e. The fourth-order valence-electron chi connectivity index (χ4n) is 9.91. The van der Waals surface area contributed by atoms with E-state index < -0.39 is 0 Å². The first kappa shape index (κ1) is 39.2. The minimum absolute atomic E-state index is 0.914. The Morgan fingerprint density at radius 3 is 1.46 bits per heavy atom. The zero-order valence-electron chi connectivity index (χ0n) is 36.4. The predicted molar refractivity (Wildman–Crippen MR) is 293 cm³/mol. The molecule has 318 valence electrons. The van der Waals surface area contributed by atoms with Gasteiger partial charge in [-0.2, -0.15) is 0 Å². The molecule has 10 aromatic carbocycles. The minimum atomic E-state index is 0.914. The van der Waals surface area contributed by atoms with E-state index in [-0.39, 0.29) is 0 Å². The fourth-order valence-corrected chi connectivity index (χ4v) is 13.2. The van der Waals surface area contributed by atoms with Crippen LogP contribution >= 0.6 is 34.0 Å². The molecule has 0 saturated carbocycles. The highest BCUT2D eigenvalue weighted by molar-refractivity contribution is 7.26. The van der Waals surface area contributed by atoms with Gasteiger partial charge in [0.15, 0.2) is 0 Å². The van der Waals surface area contributed by atoms with E-state index in [4.69, 9.17) is 9.97 Å². The Morgan fingerprint density at radius 1 is 0.324 bits per heavy atom. The molecule has 0 aliphatic heterocycles. The molecule has 0 bridgehead atoms. The number of rotatable bonds is 7. The fraction of sp³-hybridized carbons (Fsp3) is 0. The number of nitrogens with zero attached hydrogens (tertiary/aromatic N) is 3. The molecule has 0 unspecified atom stereocenters. The van der Waals surface area contributed by atoms with Gasteiger partial charge in [-0.05, 0) is 94.0 Å². The molecule has 6 heteroatoms. The molecule has 4 heterocycles. The van der Waals surface area contributed by atoms with Crippen LogP contribution in [0.15, 0.2) is 224 Å². The Bertz CT molecular complexity index is 4040. The van der Waals surface area contributed by atoms with Crippen molar-refractivity contribution in [2.24, 2.45) is 0 Å². The molecule has 14 aromatic rings. The molecule has 0 fully saturated rings. The monoisotopic (exact) mass is 919 g/mol. The maximum atomic E-state index is 5.50. The molecule has 0 N–H and O–H groups in total. The maximum Gasteiger partial charge on any atom is 0.145 e. The summed E-state index contributed by atoms with van der Waals surface area (Å²) in [6, 6.07) is 81.4. The summed E-state index contributed by atoms with van der Waals surface area (Å²) in [7, 11) is 0. The minimum Gasteiger partial charge on any atom is -0.292 e. The van der Waals surface area contributed by atoms with Crippen molar-refractivity contribution >= 4 is 95.6 Å². The van der Waals surface area contributed by atoms with Crippen LogP contribution in [-0.2, 0) is 0 Å². The second kappa shape index (κ2) is 15.8. The summed E-state index contributed by atoms with van der Waals surface area (Å²) in [6.45, 7) is 0. The average Bonchev–Trinajstić information content (AvgIpc) is 4.21. The first-order valence-electron chi connectivity index (χ1n) is 22.8. The van der Waals surface area contributed by atoms with Crippen molar-refractivity contribution < 1.29 is 0 Å². The van der Waals surface area contributed by atoms with Gasteiger partial charge in [0.05, 0.1) is 21.3 Å². The molecule has 0 saturated heterocycles. The molecule has 0 aliphatic carbocycles. The molecule has 4 aromatic heterocycles. The highest BCUT2D eigenvalue weighted by atomic mass is 32.1. The van der Waals surface area contributed by atoms with Crippen LogP contribution in [0, 0.1) is 0 Å². The van der Waals surface area contributed by atoms with Crippen molar-refractivity contribution in [3.63, 3.8) is 0 Å². The summed E-state index contributed by atoms with van der Waals surface area (Å²) in [5, 5.41) is 6.25. The first-order chi connectivity index (χ1) is 33.7. The molecule has 0 atom stereocenters. The van der Waals surface area contributed by atoms with Gasteiger partial charge in [-0.25, -0.2) is 9.97 Å². The summed E-state index contributed by atoms with van der Waals surface area (Å²) in [5.74, 6) is 0.914. The van der Waals surface area contributed by atoms with E-state index in [1.807, 2.05) is 22.7 Å². The Balaban J connectivity index is 0.858. The lowest BCUT2D eigenvalue weighted by molar-refractivity contribution is 1.10. The van der Waals surface area contributed by atoms with Crippen molar-refractivity contribution in [3.05, 3.63) is 224 Å². The molecular formula is C62H37N3S3. The van der Waals surface area contributed by atoms with Crippen LogP contribution in [-0.4, -0.2) is 14.5 Å². The van der Waals surface area contributed by atoms with Crippen LogP contribution < -0.4 is 0 Å². The molecule has 0 spiro atoms. The van der Waals surface area contributed by atoms with Crippen LogP contribution in [0.3, 0.4) is 0 Å². The lowest BCUT2D eigenvalue weighted by Gasteiger charge is -2.10. The molecule has 3 nitrogen and oxygen atoms in total. The van der Waals surface area contributed by atoms with Crippen LogP contribution in [0.4, 0.5) is 0 Å². The molecule has 0 aliphatic rings. The zero-order chi connectivity index (χ0) is 44.7. The molecule has 14 rings (SSSR count). The predicted octanol–water partition coefficient (Wildman–Crippen LogP) is 18.4. The lowest BCUT2D eigenvalue weighted by atomic mass is 9.95. The van der Waals surface area contributed by atoms with Gasteiger partial charge in [-0.15, -0.1) is 34.0 Å². The summed E-state index contributed by atoms with van der Waals surface area (Å²) in [5.41, 5.74) is 15.7. The van der Waals surface area contributed by atoms with Gasteiger partial charge in [0.2, 0.25) is 0 Å². The van der Waals surface area contributed by atoms with E-state index in [0.29, 0.717) is 0 Å². The quantitative estimate of drug-likeness (QED) is 0.159. The van der Waals surface area contributed by atoms with Crippen LogP contribution in [0.25, 0.3) is 134 Å². The molecule has 0 radical (unpaired) electrons. The number of hydrogen-bond acceptors (Lipinski definition) is 5. The third kappa shape index (κ3) is 6.52. The van der Waals surface area contributed by atoms with Crippen molar-refractivity contribution in [2.75, 3.05) is 0 Å². The van der Waals surface area contributed by atoms with Gasteiger partial charge in [0, 0.05) is 68.3 Å². The van der Waals surface area contributed by atoms with Gasteiger partial charge in [0.1, 0.15) is 10.8 Å². The average molecular weight is 920 g/mol. The van der Waals surface area contributed by atoms with Crippen LogP contribution in [0.1, 0.15) is 0 Å². The Hall–Kier alpha value is -8.00. The SMILES string of the molecule is c1ccc(-n2c(-c3ccc(-c4nc5c(-c6ccc(-c7ccc8sc9ccccc9c8c7)cc6)ccc(-c6ccc(-c7ccc8sc9ccccc9c8c7)cc6)c5s4)cc3)nc3ccccc32)cc1. The number of thiophene rings is 2. The number of benzene rings is 10. The summed E-state index contributed by atoms with van der Waals surface area (Å²) in [4.78, 5) is 10.6. The Morgan fingerprint density at radius 2 is 0.809 bits per heavy atom. The third-order valence-corrected chi connectivity index (χ3v) is 16.8. The lowest BCUT2D eigenvalue weighted by Crippen LogP contribution is -1.97. The standard InChI is InChI=1S/C62H37N3S3/c1-2-10-46(11-3-1)65-54-15-7-6-14-53(54)63-61(65)42-26-28-43(29-27-42)62-64-59-47(40-22-18-38(19-23-40)44-30-34-57-51(36-44)49-12-4-8-16-55(49)66-57)32-33-48(60(59)68-62)41-24-20-39(21-25-41)45-31-35-58-52(37-45)50-13-5-9-17-56(50)67-58/h1-37H. The summed E-state index contributed by atoms with van der Waals surface area (Å²) >= 11 is 5.48. The molecule has 68 heavy (non-hydrogen) atoms. The number of imidazole rings is 1. The number of hydrogen-bond donors (Lipinski definition) is 0. The topological polar surface area (TPSA) is 30.7 Å². The highest BCUT2D eigenvalue weighted by Gasteiger charge is 2.19. The normalized spacial score (nSPS) is 11.8. The molecular weight excluding hydrogens is 883 g/mol. The van der Waals surface area contributed by atoms with E-state index >= 15 is 0 Å². The van der Waals surface area contributed by atoms with Crippen LogP contribution in [0.2, 0.25) is 0 Å². The Kier molecular flexibility index (Phi) is 9.12. The van der Waals surface area contributed by atoms with Gasteiger partial charge in [-0.3, -0.25) is 4.57 Å². The number of fused-ring (bicyclic) bond motifs is 8. The van der Waals surface area contributed by atoms with Crippen molar-refractivity contribution in [1.29, 1.82) is 0 Å². The van der Waals surface area contributed by atoms with Gasteiger partial charge < -0.3 is 0 Å². The summed E-state index contributed by atoms with van der Waals surface area (Å²) < 4.78 is 8.71. The van der Waals surface area contributed by atoms with E-state index in [1.165, 1.54) is 78.4 Å². The van der Waals surface area contributed by atoms with Gasteiger partial charge in [0.25, 0.3) is 0 Å². The van der Waals surface area contributed by atoms with Gasteiger partial charge >= 0.3 is 0 Å². The number of thiazole rings is 1. The van der Waals surface area contributed by atoms with Crippen molar-refractivity contribution in [3.8, 4) is 72.2 Å². The van der Waals surface area contributed by atoms with E-state index in [9.17, 15) is 0 Å². The molecule has 0 amide bonds. The Labute approximate surface area is 404 Å². The van der Waals surface area contributed by atoms with Crippen molar-refractivity contribution in [1.82, 2.24) is 14.5 Å². The van der Waals surface area contributed by atoms with Crippen molar-refractivity contribution in [2.45, 2.75) is 0 Å². The second-order valence-corrected chi connectivity index (χ2v) is 20.5. The number of aromatic nitrogens is 3. The van der Waals surface area contributed by atoms with Gasteiger partial charge in [-0.1, -0.05) is 164 Å². The van der Waals surface area contributed by atoms with E-state index in [1.54, 1.807) is 11.3 Å². The third-order valence-electron chi connectivity index (χ3n) is 13.3. The highest BCUT2D eigenvalue weighted by Crippen LogP contribution is 2.44. The summed E-state index contributed by atoms with van der Waals surface area (Å²) in [6.07, 6.45) is 0. The number of para-hydroxylation sites is 3. The smallest absolute Gasteiger partial charge is 0.145 e. The second-order valence-electron chi connectivity index (χ2n) is 17.3. The zero-order valence-corrected chi connectivity index (χ0v) is 38.9. The maximum absolute atomic E-state index is 5.50. The van der Waals surface area contributed by atoms with Crippen LogP contribution in [0.5, 0.6) is 0 Å². The van der Waals surface area contributed by atoms with E-state index in [0.717, 1.165) is 55.3 Å². The first-order valence-corrected chi connectivity index (χ1v) is 25.2. The van der Waals surface area contributed by atoms with E-state index in [2.05, 4.69) is 229 Å².